The number of amidine groups is 2. The van der Waals surface area contributed by atoms with Crippen LogP contribution in [0.1, 0.15) is 37.8 Å². The average Bonchev–Trinajstić information content (AvgIpc) is 3.10. The van der Waals surface area contributed by atoms with E-state index < -0.39 is 11.3 Å². The summed E-state index contributed by atoms with van der Waals surface area (Å²) < 4.78 is 13.1. The topological polar surface area (TPSA) is 74.1 Å². The number of nitrogens with one attached hydrogen (secondary N) is 1. The summed E-state index contributed by atoms with van der Waals surface area (Å²) in [4.78, 5) is 36.2. The van der Waals surface area contributed by atoms with Gasteiger partial charge in [0.05, 0.1) is 10.9 Å². The second kappa shape index (κ2) is 9.01. The smallest absolute Gasteiger partial charge is 0.270 e. The molecule has 2 aromatic carbocycles. The lowest BCUT2D eigenvalue weighted by Gasteiger charge is -2.31. The number of carbonyl (C=O) groups excluding carboxylic acids is 2. The van der Waals surface area contributed by atoms with Crippen LogP contribution in [0.2, 0.25) is 0 Å². The van der Waals surface area contributed by atoms with Gasteiger partial charge in [0, 0.05) is 12.1 Å². The maximum Gasteiger partial charge on any atom is 0.270 e. The summed E-state index contributed by atoms with van der Waals surface area (Å²) in [6.07, 6.45) is 1.50. The van der Waals surface area contributed by atoms with E-state index >= 15 is 0 Å². The molecule has 0 aliphatic carbocycles. The zero-order chi connectivity index (χ0) is 22.0. The zero-order valence-corrected chi connectivity index (χ0v) is 18.2. The van der Waals surface area contributed by atoms with Gasteiger partial charge in [0.15, 0.2) is 5.17 Å². The summed E-state index contributed by atoms with van der Waals surface area (Å²) >= 11 is 1.31. The molecule has 0 aromatic heterocycles. The largest absolute Gasteiger partial charge is 0.351 e. The van der Waals surface area contributed by atoms with Gasteiger partial charge in [-0.3, -0.25) is 14.5 Å². The van der Waals surface area contributed by atoms with Crippen LogP contribution in [0.25, 0.3) is 0 Å². The van der Waals surface area contributed by atoms with Crippen LogP contribution in [0.15, 0.2) is 58.5 Å². The Hall–Kier alpha value is -3.00. The number of halogens is 1. The molecule has 0 saturated heterocycles. The minimum Gasteiger partial charge on any atom is -0.351 e. The molecule has 4 rings (SSSR count). The third kappa shape index (κ3) is 4.39. The van der Waals surface area contributed by atoms with Gasteiger partial charge in [0.25, 0.3) is 5.91 Å². The molecule has 2 amide bonds. The normalized spacial score (nSPS) is 18.1. The van der Waals surface area contributed by atoms with Crippen molar-refractivity contribution in [2.75, 3.05) is 0 Å². The van der Waals surface area contributed by atoms with E-state index in [1.54, 1.807) is 19.1 Å². The standard InChI is InChI=1S/C23H23FN4O2S/c1-3-6-19-22(30)27-20-17-7-4-5-8-18(17)26-23(28(19)20)31-14(2)21(29)25-13-15-9-11-16(24)12-10-15/h4-5,7-12,14,19H,3,6,13H2,1-2H3,(H,25,29). The van der Waals surface area contributed by atoms with Crippen LogP contribution >= 0.6 is 11.8 Å². The van der Waals surface area contributed by atoms with E-state index in [2.05, 4.69) is 10.3 Å². The summed E-state index contributed by atoms with van der Waals surface area (Å²) in [6.45, 7) is 4.14. The highest BCUT2D eigenvalue weighted by Crippen LogP contribution is 2.36. The van der Waals surface area contributed by atoms with Crippen molar-refractivity contribution in [2.45, 2.75) is 44.5 Å². The summed E-state index contributed by atoms with van der Waals surface area (Å²) in [5.41, 5.74) is 2.38. The summed E-state index contributed by atoms with van der Waals surface area (Å²) in [7, 11) is 0. The molecule has 2 aliphatic heterocycles. The number of nitrogens with zero attached hydrogens (tertiary/aromatic N) is 3. The zero-order valence-electron chi connectivity index (χ0n) is 17.3. The Morgan fingerprint density at radius 3 is 2.68 bits per heavy atom. The molecular formula is C23H23FN4O2S. The molecule has 0 radical (unpaired) electrons. The van der Waals surface area contributed by atoms with Crippen molar-refractivity contribution in [1.82, 2.24) is 10.2 Å². The van der Waals surface area contributed by atoms with Crippen molar-refractivity contribution in [2.24, 2.45) is 9.98 Å². The minimum atomic E-state index is -0.441. The molecule has 6 nitrogen and oxygen atoms in total. The van der Waals surface area contributed by atoms with Crippen molar-refractivity contribution >= 4 is 40.3 Å². The van der Waals surface area contributed by atoms with Crippen molar-refractivity contribution < 1.29 is 14.0 Å². The first-order valence-electron chi connectivity index (χ1n) is 10.3. The van der Waals surface area contributed by atoms with E-state index in [4.69, 9.17) is 4.99 Å². The molecule has 0 fully saturated rings. The molecule has 31 heavy (non-hydrogen) atoms. The summed E-state index contributed by atoms with van der Waals surface area (Å²) in [5, 5.41) is 3.04. The Kier molecular flexibility index (Phi) is 6.18. The molecule has 2 atom stereocenters. The molecule has 0 spiro atoms. The first-order chi connectivity index (χ1) is 15.0. The number of rotatable bonds is 6. The molecular weight excluding hydrogens is 415 g/mol. The molecule has 8 heteroatoms. The van der Waals surface area contributed by atoms with Gasteiger partial charge >= 0.3 is 0 Å². The van der Waals surface area contributed by atoms with Crippen molar-refractivity contribution in [1.29, 1.82) is 0 Å². The second-order valence-corrected chi connectivity index (χ2v) is 8.77. The minimum absolute atomic E-state index is 0.160. The molecule has 2 unspecified atom stereocenters. The highest BCUT2D eigenvalue weighted by Gasteiger charge is 2.41. The Morgan fingerprint density at radius 1 is 1.19 bits per heavy atom. The van der Waals surface area contributed by atoms with Crippen LogP contribution in [0.4, 0.5) is 10.1 Å². The van der Waals surface area contributed by atoms with Crippen LogP contribution in [0.5, 0.6) is 0 Å². The molecule has 1 N–H and O–H groups in total. The van der Waals surface area contributed by atoms with E-state index in [0.717, 1.165) is 23.2 Å². The van der Waals surface area contributed by atoms with Crippen LogP contribution in [-0.2, 0) is 16.1 Å². The van der Waals surface area contributed by atoms with Crippen LogP contribution in [0.3, 0.4) is 0 Å². The molecule has 0 bridgehead atoms. The molecule has 0 saturated carbocycles. The fourth-order valence-corrected chi connectivity index (χ4v) is 4.56. The Morgan fingerprint density at radius 2 is 1.94 bits per heavy atom. The number of fused-ring (bicyclic) bond motifs is 3. The van der Waals surface area contributed by atoms with Crippen molar-refractivity contribution in [3.8, 4) is 0 Å². The summed E-state index contributed by atoms with van der Waals surface area (Å²) in [6, 6.07) is 13.2. The molecule has 2 aliphatic rings. The number of para-hydroxylation sites is 1. The van der Waals surface area contributed by atoms with Gasteiger partial charge in [0.2, 0.25) is 5.91 Å². The number of amides is 2. The molecule has 160 valence electrons. The lowest BCUT2D eigenvalue weighted by Crippen LogP contribution is -2.44. The highest BCUT2D eigenvalue weighted by atomic mass is 32.2. The van der Waals surface area contributed by atoms with Gasteiger partial charge in [-0.1, -0.05) is 49.4 Å². The number of carbonyl (C=O) groups is 2. The lowest BCUT2D eigenvalue weighted by atomic mass is 10.1. The molecule has 2 aromatic rings. The maximum atomic E-state index is 13.1. The predicted molar refractivity (Wildman–Crippen MR) is 121 cm³/mol. The number of benzene rings is 2. The third-order valence-electron chi connectivity index (χ3n) is 5.20. The van der Waals surface area contributed by atoms with Gasteiger partial charge in [-0.05, 0) is 43.2 Å². The van der Waals surface area contributed by atoms with Gasteiger partial charge in [-0.2, -0.15) is 4.99 Å². The monoisotopic (exact) mass is 438 g/mol. The maximum absolute atomic E-state index is 13.1. The fourth-order valence-electron chi connectivity index (χ4n) is 3.58. The average molecular weight is 439 g/mol. The number of thioether (sulfide) groups is 1. The quantitative estimate of drug-likeness (QED) is 0.739. The first kappa shape index (κ1) is 21.2. The number of hydrogen-bond acceptors (Lipinski definition) is 5. The van der Waals surface area contributed by atoms with Crippen LogP contribution in [-0.4, -0.2) is 39.0 Å². The Bertz CT molecular complexity index is 1070. The first-order valence-corrected chi connectivity index (χ1v) is 11.1. The number of hydrogen-bond donors (Lipinski definition) is 1. The van der Waals surface area contributed by atoms with E-state index in [1.807, 2.05) is 36.1 Å². The van der Waals surface area contributed by atoms with E-state index in [1.165, 1.54) is 23.9 Å². The van der Waals surface area contributed by atoms with Crippen LogP contribution < -0.4 is 5.32 Å². The highest BCUT2D eigenvalue weighted by molar-refractivity contribution is 8.14. The lowest BCUT2D eigenvalue weighted by molar-refractivity contribution is -0.120. The fraction of sp³-hybridized carbons (Fsp3) is 0.304. The van der Waals surface area contributed by atoms with Crippen LogP contribution in [0, 0.1) is 5.82 Å². The molecule has 2 heterocycles. The van der Waals surface area contributed by atoms with Crippen molar-refractivity contribution in [3.63, 3.8) is 0 Å². The van der Waals surface area contributed by atoms with Gasteiger partial charge < -0.3 is 5.32 Å². The van der Waals surface area contributed by atoms with Crippen molar-refractivity contribution in [3.05, 3.63) is 65.5 Å². The second-order valence-electron chi connectivity index (χ2n) is 7.46. The van der Waals surface area contributed by atoms with E-state index in [0.29, 0.717) is 24.0 Å². The van der Waals surface area contributed by atoms with E-state index in [-0.39, 0.29) is 17.6 Å². The van der Waals surface area contributed by atoms with Gasteiger partial charge in [-0.15, -0.1) is 0 Å². The van der Waals surface area contributed by atoms with E-state index in [9.17, 15) is 14.0 Å². The van der Waals surface area contributed by atoms with Gasteiger partial charge in [0.1, 0.15) is 17.7 Å². The SMILES string of the molecule is CCCC1C(=O)N=C2c3ccccc3N=C(SC(C)C(=O)NCc3ccc(F)cc3)N21. The summed E-state index contributed by atoms with van der Waals surface area (Å²) in [5.74, 6) is -0.0356. The predicted octanol–water partition coefficient (Wildman–Crippen LogP) is 4.02. The van der Waals surface area contributed by atoms with Gasteiger partial charge in [-0.25, -0.2) is 9.38 Å². The third-order valence-corrected chi connectivity index (χ3v) is 6.27. The Balaban J connectivity index is 1.52. The Labute approximate surface area is 184 Å². The number of aliphatic imine (C=N–C) groups is 2.